The maximum absolute atomic E-state index is 13.1. The Bertz CT molecular complexity index is 917. The predicted octanol–water partition coefficient (Wildman–Crippen LogP) is 2.76. The summed E-state index contributed by atoms with van der Waals surface area (Å²) in [7, 11) is 0. The number of aromatic nitrogens is 1. The summed E-state index contributed by atoms with van der Waals surface area (Å²) in [6.07, 6.45) is 3.37. The Kier molecular flexibility index (Phi) is 4.82. The Labute approximate surface area is 168 Å². The van der Waals surface area contributed by atoms with Crippen LogP contribution in [0.15, 0.2) is 34.4 Å². The molecule has 5 rings (SSSR count). The van der Waals surface area contributed by atoms with Crippen LogP contribution in [0.25, 0.3) is 0 Å². The quantitative estimate of drug-likeness (QED) is 0.862. The molecule has 3 aliphatic rings. The van der Waals surface area contributed by atoms with Crippen LogP contribution >= 0.6 is 11.3 Å². The molecule has 28 heavy (non-hydrogen) atoms. The molecule has 0 spiro atoms. The fourth-order valence-electron chi connectivity index (χ4n) is 5.02. The summed E-state index contributed by atoms with van der Waals surface area (Å²) in [5, 5.41) is 4.66. The number of nitrogens with zero attached hydrogens (tertiary/aromatic N) is 2. The molecule has 1 N–H and O–H groups in total. The number of carbonyl (C=O) groups is 1. The summed E-state index contributed by atoms with van der Waals surface area (Å²) in [5.41, 5.74) is 1.42. The van der Waals surface area contributed by atoms with Crippen LogP contribution in [-0.4, -0.2) is 47.7 Å². The highest BCUT2D eigenvalue weighted by Gasteiger charge is 2.37. The minimum Gasteiger partial charge on any atom is -0.381 e. The molecule has 0 unspecified atom stereocenters. The number of ether oxygens (including phenoxy) is 1. The smallest absolute Gasteiger partial charge is 0.274 e. The van der Waals surface area contributed by atoms with E-state index in [1.54, 1.807) is 12.1 Å². The third kappa shape index (κ3) is 3.32. The second kappa shape index (κ2) is 7.46. The third-order valence-electron chi connectivity index (χ3n) is 6.33. The molecule has 5 heterocycles. The highest BCUT2D eigenvalue weighted by Crippen LogP contribution is 2.37. The summed E-state index contributed by atoms with van der Waals surface area (Å²) in [5.74, 6) is 0.675. The monoisotopic (exact) mass is 399 g/mol. The van der Waals surface area contributed by atoms with Gasteiger partial charge in [0.2, 0.25) is 0 Å². The van der Waals surface area contributed by atoms with E-state index in [0.717, 1.165) is 57.8 Å². The molecule has 0 aliphatic carbocycles. The number of hydrogen-bond acceptors (Lipinski definition) is 5. The number of thiophene rings is 1. The molecule has 2 aromatic heterocycles. The molecule has 2 fully saturated rings. The maximum atomic E-state index is 13.1. The van der Waals surface area contributed by atoms with Crippen molar-refractivity contribution in [3.63, 3.8) is 0 Å². The van der Waals surface area contributed by atoms with Gasteiger partial charge < -0.3 is 14.6 Å². The molecule has 2 saturated heterocycles. The molecule has 0 aromatic carbocycles. The molecule has 148 valence electrons. The van der Waals surface area contributed by atoms with Gasteiger partial charge in [0.1, 0.15) is 5.69 Å². The molecule has 2 bridgehead atoms. The van der Waals surface area contributed by atoms with E-state index in [4.69, 9.17) is 4.74 Å². The molecule has 7 heteroatoms. The lowest BCUT2D eigenvalue weighted by Crippen LogP contribution is -2.51. The van der Waals surface area contributed by atoms with Crippen LogP contribution in [0.1, 0.15) is 40.5 Å². The summed E-state index contributed by atoms with van der Waals surface area (Å²) in [6, 6.07) is 8.05. The standard InChI is InChI=1S/C21H25N3O3S/c25-20(19-2-1-9-28-19)22-17-3-4-18-15-10-14(12-24(18)21(17)26)11-23(13-15)16-5-7-27-8-6-16/h1-4,9,14-16H,5-8,10-13H2,(H,22,25)/t14-,15+/m0/s1. The van der Waals surface area contributed by atoms with Gasteiger partial charge >= 0.3 is 0 Å². The average Bonchev–Trinajstić information content (AvgIpc) is 3.26. The van der Waals surface area contributed by atoms with Crippen LogP contribution in [0.5, 0.6) is 0 Å². The van der Waals surface area contributed by atoms with E-state index in [2.05, 4.69) is 10.2 Å². The molecule has 2 aromatic rings. The number of nitrogens with one attached hydrogen (secondary N) is 1. The molecule has 0 radical (unpaired) electrons. The number of likely N-dealkylation sites (tertiary alicyclic amines) is 1. The second-order valence-corrected chi connectivity index (χ2v) is 9.06. The van der Waals surface area contributed by atoms with E-state index in [-0.39, 0.29) is 11.5 Å². The van der Waals surface area contributed by atoms with Gasteiger partial charge in [-0.25, -0.2) is 0 Å². The van der Waals surface area contributed by atoms with Crippen molar-refractivity contribution < 1.29 is 9.53 Å². The average molecular weight is 400 g/mol. The first-order chi connectivity index (χ1) is 13.7. The Morgan fingerprint density at radius 1 is 1.14 bits per heavy atom. The summed E-state index contributed by atoms with van der Waals surface area (Å²) >= 11 is 1.38. The zero-order chi connectivity index (χ0) is 19.1. The number of rotatable bonds is 3. The number of anilines is 1. The molecule has 6 nitrogen and oxygen atoms in total. The second-order valence-electron chi connectivity index (χ2n) is 8.12. The van der Waals surface area contributed by atoms with Crippen molar-refractivity contribution in [2.75, 3.05) is 31.6 Å². The van der Waals surface area contributed by atoms with E-state index >= 15 is 0 Å². The number of hydrogen-bond donors (Lipinski definition) is 1. The van der Waals surface area contributed by atoms with E-state index < -0.39 is 0 Å². The SMILES string of the molecule is O=C(Nc1ccc2n(c1=O)C[C@H]1C[C@@H]2CN(C2CCOCC2)C1)c1cccs1. The van der Waals surface area contributed by atoms with Crippen LogP contribution in [0.2, 0.25) is 0 Å². The van der Waals surface area contributed by atoms with Crippen molar-refractivity contribution in [1.29, 1.82) is 0 Å². The van der Waals surface area contributed by atoms with Crippen LogP contribution in [0.3, 0.4) is 0 Å². The minimum atomic E-state index is -0.214. The van der Waals surface area contributed by atoms with E-state index in [9.17, 15) is 9.59 Å². The topological polar surface area (TPSA) is 63.6 Å². The Morgan fingerprint density at radius 3 is 2.79 bits per heavy atom. The summed E-state index contributed by atoms with van der Waals surface area (Å²) in [6.45, 7) is 4.53. The van der Waals surface area contributed by atoms with Gasteiger partial charge in [0.05, 0.1) is 4.88 Å². The van der Waals surface area contributed by atoms with Crippen molar-refractivity contribution in [2.24, 2.45) is 5.92 Å². The van der Waals surface area contributed by atoms with Gasteiger partial charge in [-0.15, -0.1) is 11.3 Å². The first-order valence-corrected chi connectivity index (χ1v) is 11.0. The molecular formula is C21H25N3O3S. The van der Waals surface area contributed by atoms with Gasteiger partial charge in [-0.1, -0.05) is 6.07 Å². The van der Waals surface area contributed by atoms with Gasteiger partial charge in [0, 0.05) is 50.5 Å². The minimum absolute atomic E-state index is 0.0726. The van der Waals surface area contributed by atoms with Gasteiger partial charge in [0.15, 0.2) is 0 Å². The van der Waals surface area contributed by atoms with Crippen molar-refractivity contribution in [3.05, 3.63) is 50.6 Å². The van der Waals surface area contributed by atoms with Crippen LogP contribution in [0.4, 0.5) is 5.69 Å². The fraction of sp³-hybridized carbons (Fsp3) is 0.524. The zero-order valence-corrected chi connectivity index (χ0v) is 16.6. The Hall–Kier alpha value is -1.96. The largest absolute Gasteiger partial charge is 0.381 e. The van der Waals surface area contributed by atoms with Crippen LogP contribution in [0, 0.1) is 5.92 Å². The Balaban J connectivity index is 1.38. The van der Waals surface area contributed by atoms with Gasteiger partial charge in [-0.3, -0.25) is 14.5 Å². The number of piperidine rings is 1. The molecule has 0 saturated carbocycles. The maximum Gasteiger partial charge on any atom is 0.274 e. The third-order valence-corrected chi connectivity index (χ3v) is 7.20. The van der Waals surface area contributed by atoms with E-state index in [0.29, 0.717) is 28.4 Å². The van der Waals surface area contributed by atoms with Crippen molar-refractivity contribution >= 4 is 22.9 Å². The first-order valence-electron chi connectivity index (χ1n) is 10.1. The summed E-state index contributed by atoms with van der Waals surface area (Å²) in [4.78, 5) is 28.6. The van der Waals surface area contributed by atoms with E-state index in [1.807, 2.05) is 22.1 Å². The predicted molar refractivity (Wildman–Crippen MR) is 109 cm³/mol. The number of amides is 1. The van der Waals surface area contributed by atoms with E-state index in [1.165, 1.54) is 11.3 Å². The molecule has 1 amide bonds. The summed E-state index contributed by atoms with van der Waals surface area (Å²) < 4.78 is 7.43. The number of carbonyl (C=O) groups excluding carboxylic acids is 1. The van der Waals surface area contributed by atoms with Gasteiger partial charge in [-0.05, 0) is 48.8 Å². The highest BCUT2D eigenvalue weighted by atomic mass is 32.1. The van der Waals surface area contributed by atoms with Crippen LogP contribution in [-0.2, 0) is 11.3 Å². The molecule has 3 aliphatic heterocycles. The highest BCUT2D eigenvalue weighted by molar-refractivity contribution is 7.12. The molecular weight excluding hydrogens is 374 g/mol. The lowest BCUT2D eigenvalue weighted by atomic mass is 9.82. The number of pyridine rings is 1. The zero-order valence-electron chi connectivity index (χ0n) is 15.8. The van der Waals surface area contributed by atoms with Crippen molar-refractivity contribution in [1.82, 2.24) is 9.47 Å². The first kappa shape index (κ1) is 18.1. The fourth-order valence-corrected chi connectivity index (χ4v) is 5.64. The lowest BCUT2D eigenvalue weighted by molar-refractivity contribution is 0.00589. The normalized spacial score (nSPS) is 25.3. The van der Waals surface area contributed by atoms with Gasteiger partial charge in [0.25, 0.3) is 11.5 Å². The Morgan fingerprint density at radius 2 is 2.00 bits per heavy atom. The number of fused-ring (bicyclic) bond motifs is 4. The lowest BCUT2D eigenvalue weighted by Gasteiger charge is -2.46. The van der Waals surface area contributed by atoms with Crippen LogP contribution < -0.4 is 10.9 Å². The molecule has 2 atom stereocenters. The van der Waals surface area contributed by atoms with Gasteiger partial charge in [-0.2, -0.15) is 0 Å². The van der Waals surface area contributed by atoms with Crippen molar-refractivity contribution in [3.8, 4) is 0 Å². The van der Waals surface area contributed by atoms with Crippen molar-refractivity contribution in [2.45, 2.75) is 37.8 Å².